The van der Waals surface area contributed by atoms with Gasteiger partial charge in [0.15, 0.2) is 12.2 Å². The zero-order valence-electron chi connectivity index (χ0n) is 8.76. The Morgan fingerprint density at radius 3 is 2.65 bits per heavy atom. The predicted molar refractivity (Wildman–Crippen MR) is 65.2 cm³/mol. The van der Waals surface area contributed by atoms with Crippen molar-refractivity contribution in [3.8, 4) is 17.4 Å². The van der Waals surface area contributed by atoms with Crippen LogP contribution in [-0.2, 0) is 0 Å². The molecule has 1 heterocycles. The first-order chi connectivity index (χ1) is 8.29. The molecule has 1 aromatic heterocycles. The van der Waals surface area contributed by atoms with Crippen molar-refractivity contribution in [1.29, 1.82) is 5.41 Å². The molecule has 0 atom stereocenters. The smallest absolute Gasteiger partial charge is 0.263 e. The minimum absolute atomic E-state index is 0.304. The molecule has 5 heteroatoms. The third-order valence-corrected chi connectivity index (χ3v) is 2.20. The lowest BCUT2D eigenvalue weighted by molar-refractivity contribution is 0.429. The third kappa shape index (κ3) is 2.95. The molecule has 17 heavy (non-hydrogen) atoms. The average Bonchev–Trinajstić information content (AvgIpc) is 2.35. The fourth-order valence-corrected chi connectivity index (χ4v) is 1.35. The van der Waals surface area contributed by atoms with Crippen LogP contribution in [-0.4, -0.2) is 11.4 Å². The highest BCUT2D eigenvalue weighted by molar-refractivity contribution is 6.30. The summed E-state index contributed by atoms with van der Waals surface area (Å²) in [6, 6.07) is 10.3. The van der Waals surface area contributed by atoms with Crippen LogP contribution in [0.4, 0.5) is 0 Å². The molecule has 1 aromatic carbocycles. The van der Waals surface area contributed by atoms with Gasteiger partial charge in [-0.25, -0.2) is 4.98 Å². The number of nitrogens with zero attached hydrogens (tertiary/aromatic N) is 1. The highest BCUT2D eigenvalue weighted by Gasteiger charge is 2.06. The molecule has 1 N–H and O–H groups in total. The Labute approximate surface area is 103 Å². The minimum atomic E-state index is 0.304. The number of hydrogen-bond acceptors (Lipinski definition) is 4. The number of pyridine rings is 1. The molecule has 2 aromatic rings. The summed E-state index contributed by atoms with van der Waals surface area (Å²) in [5, 5.41) is 7.53. The van der Waals surface area contributed by atoms with Gasteiger partial charge in [-0.3, -0.25) is 5.41 Å². The minimum Gasteiger partial charge on any atom is -0.441 e. The first kappa shape index (κ1) is 11.4. The summed E-state index contributed by atoms with van der Waals surface area (Å²) in [5.41, 5.74) is 0. The summed E-state index contributed by atoms with van der Waals surface area (Å²) in [6.45, 7) is 0. The molecule has 0 amide bonds. The van der Waals surface area contributed by atoms with Crippen LogP contribution >= 0.6 is 11.6 Å². The molecule has 4 nitrogen and oxygen atoms in total. The van der Waals surface area contributed by atoms with E-state index in [4.69, 9.17) is 26.5 Å². The van der Waals surface area contributed by atoms with Crippen molar-refractivity contribution in [3.63, 3.8) is 0 Å². The molecule has 0 saturated heterocycles. The van der Waals surface area contributed by atoms with Crippen LogP contribution in [0.25, 0.3) is 0 Å². The fraction of sp³-hybridized carbons (Fsp3) is 0. The van der Waals surface area contributed by atoms with E-state index in [1.807, 2.05) is 0 Å². The number of aromatic nitrogens is 1. The van der Waals surface area contributed by atoms with Gasteiger partial charge in [0.25, 0.3) is 5.88 Å². The third-order valence-electron chi connectivity index (χ3n) is 1.95. The van der Waals surface area contributed by atoms with Crippen LogP contribution in [0, 0.1) is 5.41 Å². The summed E-state index contributed by atoms with van der Waals surface area (Å²) in [7, 11) is 0. The van der Waals surface area contributed by atoms with E-state index in [1.165, 1.54) is 0 Å². The van der Waals surface area contributed by atoms with Gasteiger partial charge in [0.1, 0.15) is 5.75 Å². The monoisotopic (exact) mass is 248 g/mol. The lowest BCUT2D eigenvalue weighted by Gasteiger charge is -2.07. The van der Waals surface area contributed by atoms with Crippen molar-refractivity contribution < 1.29 is 9.47 Å². The van der Waals surface area contributed by atoms with Crippen molar-refractivity contribution in [3.05, 3.63) is 47.6 Å². The Kier molecular flexibility index (Phi) is 3.57. The Balaban J connectivity index is 2.23. The number of halogens is 1. The van der Waals surface area contributed by atoms with Crippen molar-refractivity contribution in [2.75, 3.05) is 0 Å². The second kappa shape index (κ2) is 5.32. The normalized spacial score (nSPS) is 9.71. The molecular weight excluding hydrogens is 240 g/mol. The lowest BCUT2D eigenvalue weighted by Crippen LogP contribution is -1.94. The molecule has 0 bridgehead atoms. The fourth-order valence-electron chi connectivity index (χ4n) is 1.22. The SMILES string of the molecule is N=COc1cccnc1Oc1ccc(Cl)cc1. The van der Waals surface area contributed by atoms with Gasteiger partial charge in [-0.15, -0.1) is 0 Å². The summed E-state index contributed by atoms with van der Waals surface area (Å²) in [6.07, 6.45) is 2.41. The number of benzene rings is 1. The molecule has 0 radical (unpaired) electrons. The topological polar surface area (TPSA) is 55.2 Å². The molecule has 0 unspecified atom stereocenters. The van der Waals surface area contributed by atoms with Crippen LogP contribution in [0.3, 0.4) is 0 Å². The van der Waals surface area contributed by atoms with Gasteiger partial charge >= 0.3 is 0 Å². The summed E-state index contributed by atoms with van der Waals surface area (Å²) in [4.78, 5) is 4.03. The number of hydrogen-bond donors (Lipinski definition) is 1. The van der Waals surface area contributed by atoms with Crippen molar-refractivity contribution in [2.45, 2.75) is 0 Å². The Morgan fingerprint density at radius 1 is 1.18 bits per heavy atom. The Hall–Kier alpha value is -2.07. The summed E-state index contributed by atoms with van der Waals surface area (Å²) >= 11 is 5.77. The maximum atomic E-state index is 6.90. The highest BCUT2D eigenvalue weighted by Crippen LogP contribution is 2.28. The van der Waals surface area contributed by atoms with E-state index in [1.54, 1.807) is 42.6 Å². The zero-order chi connectivity index (χ0) is 12.1. The highest BCUT2D eigenvalue weighted by atomic mass is 35.5. The van der Waals surface area contributed by atoms with Crippen molar-refractivity contribution >= 4 is 18.0 Å². The maximum absolute atomic E-state index is 6.90. The van der Waals surface area contributed by atoms with E-state index in [0.29, 0.717) is 22.4 Å². The van der Waals surface area contributed by atoms with Crippen LogP contribution in [0.5, 0.6) is 17.4 Å². The van der Waals surface area contributed by atoms with Gasteiger partial charge in [-0.05, 0) is 36.4 Å². The van der Waals surface area contributed by atoms with Crippen LogP contribution in [0.1, 0.15) is 0 Å². The van der Waals surface area contributed by atoms with Gasteiger partial charge in [0, 0.05) is 11.2 Å². The van der Waals surface area contributed by atoms with Gasteiger partial charge in [0.05, 0.1) is 0 Å². The second-order valence-electron chi connectivity index (χ2n) is 3.10. The first-order valence-corrected chi connectivity index (χ1v) is 5.21. The quantitative estimate of drug-likeness (QED) is 0.665. The van der Waals surface area contributed by atoms with E-state index < -0.39 is 0 Å². The molecule has 0 aliphatic carbocycles. The molecule has 0 fully saturated rings. The molecule has 86 valence electrons. The predicted octanol–water partition coefficient (Wildman–Crippen LogP) is 3.51. The standard InChI is InChI=1S/C12H9ClN2O2/c13-9-3-5-10(6-4-9)17-12-11(16-8-14)2-1-7-15-12/h1-8,14H. The van der Waals surface area contributed by atoms with Gasteiger partial charge < -0.3 is 9.47 Å². The summed E-state index contributed by atoms with van der Waals surface area (Å²) in [5.74, 6) is 1.29. The van der Waals surface area contributed by atoms with Crippen molar-refractivity contribution in [1.82, 2.24) is 4.98 Å². The first-order valence-electron chi connectivity index (χ1n) is 4.83. The maximum Gasteiger partial charge on any atom is 0.263 e. The van der Waals surface area contributed by atoms with E-state index in [2.05, 4.69) is 4.98 Å². The number of ether oxygens (including phenoxy) is 2. The molecule has 2 rings (SSSR count). The van der Waals surface area contributed by atoms with Crippen LogP contribution < -0.4 is 9.47 Å². The average molecular weight is 249 g/mol. The molecule has 0 spiro atoms. The molecule has 0 aliphatic heterocycles. The second-order valence-corrected chi connectivity index (χ2v) is 3.53. The largest absolute Gasteiger partial charge is 0.441 e. The van der Waals surface area contributed by atoms with Gasteiger partial charge in [-0.2, -0.15) is 0 Å². The Morgan fingerprint density at radius 2 is 1.94 bits per heavy atom. The molecule has 0 aliphatic rings. The number of nitrogens with one attached hydrogen (secondary N) is 1. The van der Waals surface area contributed by atoms with Gasteiger partial charge in [-0.1, -0.05) is 11.6 Å². The van der Waals surface area contributed by atoms with Crippen LogP contribution in [0.2, 0.25) is 5.02 Å². The van der Waals surface area contributed by atoms with Crippen LogP contribution in [0.15, 0.2) is 42.6 Å². The van der Waals surface area contributed by atoms with E-state index in [0.717, 1.165) is 6.40 Å². The summed E-state index contributed by atoms with van der Waals surface area (Å²) < 4.78 is 10.5. The molecule has 0 saturated carbocycles. The van der Waals surface area contributed by atoms with Crippen molar-refractivity contribution in [2.24, 2.45) is 0 Å². The van der Waals surface area contributed by atoms with E-state index in [9.17, 15) is 0 Å². The zero-order valence-corrected chi connectivity index (χ0v) is 9.52. The van der Waals surface area contributed by atoms with E-state index >= 15 is 0 Å². The lowest BCUT2D eigenvalue weighted by atomic mass is 10.3. The van der Waals surface area contributed by atoms with E-state index in [-0.39, 0.29) is 0 Å². The molecular formula is C12H9ClN2O2. The number of rotatable bonds is 4. The van der Waals surface area contributed by atoms with Gasteiger partial charge in [0.2, 0.25) is 0 Å². The Bertz CT molecular complexity index is 514.